The molecule has 62 valence electrons. The molecule has 1 atom stereocenters. The summed E-state index contributed by atoms with van der Waals surface area (Å²) in [5.41, 5.74) is 0. The number of hydrogen-bond donors (Lipinski definition) is 1. The molecule has 0 amide bonds. The molecule has 0 aromatic carbocycles. The van der Waals surface area contributed by atoms with Gasteiger partial charge in [-0.1, -0.05) is 12.8 Å². The van der Waals surface area contributed by atoms with Gasteiger partial charge in [-0.2, -0.15) is 5.26 Å². The van der Waals surface area contributed by atoms with E-state index in [9.17, 15) is 5.11 Å². The molecule has 2 nitrogen and oxygen atoms in total. The summed E-state index contributed by atoms with van der Waals surface area (Å²) in [7, 11) is 0. The molecule has 2 heteroatoms. The van der Waals surface area contributed by atoms with Gasteiger partial charge in [0, 0.05) is 6.42 Å². The van der Waals surface area contributed by atoms with Crippen LogP contribution in [0.25, 0.3) is 0 Å². The third kappa shape index (κ3) is 2.51. The molecule has 1 saturated carbocycles. The highest BCUT2D eigenvalue weighted by atomic mass is 16.3. The Kier molecular flexibility index (Phi) is 3.38. The van der Waals surface area contributed by atoms with Crippen LogP contribution in [0.2, 0.25) is 0 Å². The molecule has 11 heavy (non-hydrogen) atoms. The van der Waals surface area contributed by atoms with Crippen LogP contribution in [-0.4, -0.2) is 11.2 Å². The predicted molar refractivity (Wildman–Crippen MR) is 42.8 cm³/mol. The first-order valence-corrected chi connectivity index (χ1v) is 4.39. The summed E-state index contributed by atoms with van der Waals surface area (Å²) in [6, 6.07) is 2.06. The standard InChI is InChI=1S/C9H15NO/c10-7-3-6-9(11)8-4-1-2-5-8/h8-9,11H,1-6H2. The van der Waals surface area contributed by atoms with E-state index in [0.717, 1.165) is 12.8 Å². The maximum absolute atomic E-state index is 9.53. The third-order valence-electron chi connectivity index (χ3n) is 2.50. The number of aliphatic hydroxyl groups is 1. The van der Waals surface area contributed by atoms with Gasteiger partial charge in [-0.3, -0.25) is 0 Å². The quantitative estimate of drug-likeness (QED) is 0.672. The van der Waals surface area contributed by atoms with Crippen molar-refractivity contribution in [3.8, 4) is 6.07 Å². The minimum Gasteiger partial charge on any atom is -0.393 e. The van der Waals surface area contributed by atoms with Crippen molar-refractivity contribution in [2.75, 3.05) is 0 Å². The fourth-order valence-electron chi connectivity index (χ4n) is 1.79. The monoisotopic (exact) mass is 153 g/mol. The van der Waals surface area contributed by atoms with Crippen molar-refractivity contribution in [3.05, 3.63) is 0 Å². The van der Waals surface area contributed by atoms with Crippen LogP contribution in [0.3, 0.4) is 0 Å². The van der Waals surface area contributed by atoms with Gasteiger partial charge in [-0.25, -0.2) is 0 Å². The van der Waals surface area contributed by atoms with Crippen molar-refractivity contribution in [1.29, 1.82) is 5.26 Å². The lowest BCUT2D eigenvalue weighted by molar-refractivity contribution is 0.103. The van der Waals surface area contributed by atoms with Crippen molar-refractivity contribution in [3.63, 3.8) is 0 Å². The van der Waals surface area contributed by atoms with E-state index in [2.05, 4.69) is 6.07 Å². The molecule has 0 aliphatic heterocycles. The molecule has 0 saturated heterocycles. The second kappa shape index (κ2) is 4.35. The second-order valence-electron chi connectivity index (χ2n) is 3.31. The van der Waals surface area contributed by atoms with Crippen LogP contribution < -0.4 is 0 Å². The maximum atomic E-state index is 9.53. The van der Waals surface area contributed by atoms with Gasteiger partial charge >= 0.3 is 0 Å². The van der Waals surface area contributed by atoms with Crippen LogP contribution >= 0.6 is 0 Å². The number of nitrogens with zero attached hydrogens (tertiary/aromatic N) is 1. The highest BCUT2D eigenvalue weighted by Gasteiger charge is 2.22. The number of aliphatic hydroxyl groups excluding tert-OH is 1. The van der Waals surface area contributed by atoms with Gasteiger partial charge in [0.2, 0.25) is 0 Å². The molecule has 1 unspecified atom stereocenters. The Bertz CT molecular complexity index is 144. The molecule has 0 aromatic rings. The summed E-state index contributed by atoms with van der Waals surface area (Å²) in [6.45, 7) is 0. The molecule has 1 fully saturated rings. The van der Waals surface area contributed by atoms with Crippen molar-refractivity contribution in [1.82, 2.24) is 0 Å². The normalized spacial score (nSPS) is 21.5. The van der Waals surface area contributed by atoms with E-state index in [0.29, 0.717) is 18.8 Å². The van der Waals surface area contributed by atoms with Crippen LogP contribution in [0.15, 0.2) is 0 Å². The Morgan fingerprint density at radius 3 is 2.64 bits per heavy atom. The number of nitriles is 1. The molecule has 1 rings (SSSR count). The van der Waals surface area contributed by atoms with E-state index in [1.807, 2.05) is 0 Å². The Labute approximate surface area is 67.8 Å². The number of rotatable bonds is 3. The zero-order chi connectivity index (χ0) is 8.10. The average molecular weight is 153 g/mol. The molecule has 0 heterocycles. The lowest BCUT2D eigenvalue weighted by atomic mass is 9.97. The van der Waals surface area contributed by atoms with Crippen molar-refractivity contribution in [2.24, 2.45) is 5.92 Å². The van der Waals surface area contributed by atoms with Crippen LogP contribution in [0.1, 0.15) is 38.5 Å². The molecular formula is C9H15NO. The number of hydrogen-bond acceptors (Lipinski definition) is 2. The van der Waals surface area contributed by atoms with Crippen molar-refractivity contribution in [2.45, 2.75) is 44.6 Å². The van der Waals surface area contributed by atoms with Gasteiger partial charge in [0.25, 0.3) is 0 Å². The predicted octanol–water partition coefficient (Wildman–Crippen LogP) is 1.84. The van der Waals surface area contributed by atoms with Crippen molar-refractivity contribution < 1.29 is 5.11 Å². The van der Waals surface area contributed by atoms with Gasteiger partial charge in [-0.15, -0.1) is 0 Å². The molecule has 1 aliphatic carbocycles. The zero-order valence-corrected chi connectivity index (χ0v) is 6.79. The third-order valence-corrected chi connectivity index (χ3v) is 2.50. The SMILES string of the molecule is N#CCCC(O)C1CCCC1. The first kappa shape index (κ1) is 8.55. The van der Waals surface area contributed by atoms with Gasteiger partial charge in [-0.05, 0) is 25.2 Å². The van der Waals surface area contributed by atoms with Gasteiger partial charge in [0.1, 0.15) is 0 Å². The van der Waals surface area contributed by atoms with Crippen LogP contribution in [-0.2, 0) is 0 Å². The highest BCUT2D eigenvalue weighted by Crippen LogP contribution is 2.29. The minimum absolute atomic E-state index is 0.211. The zero-order valence-electron chi connectivity index (χ0n) is 6.79. The molecule has 0 spiro atoms. The van der Waals surface area contributed by atoms with Gasteiger partial charge in [0.05, 0.1) is 12.2 Å². The maximum Gasteiger partial charge on any atom is 0.0622 e. The lowest BCUT2D eigenvalue weighted by Crippen LogP contribution is -2.16. The molecule has 0 bridgehead atoms. The smallest absolute Gasteiger partial charge is 0.0622 e. The summed E-state index contributed by atoms with van der Waals surface area (Å²) in [5.74, 6) is 0.489. The molecular weight excluding hydrogens is 138 g/mol. The molecule has 1 aliphatic rings. The summed E-state index contributed by atoms with van der Waals surface area (Å²) in [5, 5.41) is 17.8. The van der Waals surface area contributed by atoms with E-state index in [1.54, 1.807) is 0 Å². The minimum atomic E-state index is -0.211. The highest BCUT2D eigenvalue weighted by molar-refractivity contribution is 4.78. The molecule has 1 N–H and O–H groups in total. The lowest BCUT2D eigenvalue weighted by Gasteiger charge is -2.15. The fourth-order valence-corrected chi connectivity index (χ4v) is 1.79. The Balaban J connectivity index is 2.18. The van der Waals surface area contributed by atoms with Gasteiger partial charge < -0.3 is 5.11 Å². The van der Waals surface area contributed by atoms with Crippen LogP contribution in [0.5, 0.6) is 0 Å². The average Bonchev–Trinajstić information content (AvgIpc) is 2.52. The fraction of sp³-hybridized carbons (Fsp3) is 0.889. The van der Waals surface area contributed by atoms with E-state index in [1.165, 1.54) is 12.8 Å². The first-order valence-electron chi connectivity index (χ1n) is 4.39. The summed E-state index contributed by atoms with van der Waals surface area (Å²) in [6.07, 6.45) is 5.79. The first-order chi connectivity index (χ1) is 5.34. The summed E-state index contributed by atoms with van der Waals surface area (Å²) in [4.78, 5) is 0. The molecule has 0 radical (unpaired) electrons. The summed E-state index contributed by atoms with van der Waals surface area (Å²) >= 11 is 0. The van der Waals surface area contributed by atoms with E-state index in [-0.39, 0.29) is 6.10 Å². The van der Waals surface area contributed by atoms with Crippen LogP contribution in [0, 0.1) is 17.2 Å². The van der Waals surface area contributed by atoms with E-state index in [4.69, 9.17) is 5.26 Å². The van der Waals surface area contributed by atoms with Crippen molar-refractivity contribution >= 4 is 0 Å². The van der Waals surface area contributed by atoms with Gasteiger partial charge in [0.15, 0.2) is 0 Å². The van der Waals surface area contributed by atoms with E-state index < -0.39 is 0 Å². The van der Waals surface area contributed by atoms with E-state index >= 15 is 0 Å². The topological polar surface area (TPSA) is 44.0 Å². The second-order valence-corrected chi connectivity index (χ2v) is 3.31. The summed E-state index contributed by atoms with van der Waals surface area (Å²) < 4.78 is 0. The Morgan fingerprint density at radius 2 is 2.09 bits per heavy atom. The van der Waals surface area contributed by atoms with Crippen LogP contribution in [0.4, 0.5) is 0 Å². The molecule has 0 aromatic heterocycles. The largest absolute Gasteiger partial charge is 0.393 e. The Hall–Kier alpha value is -0.550. The Morgan fingerprint density at radius 1 is 1.45 bits per heavy atom.